The van der Waals surface area contributed by atoms with Gasteiger partial charge < -0.3 is 4.57 Å². The summed E-state index contributed by atoms with van der Waals surface area (Å²) in [5, 5.41) is 1.14. The van der Waals surface area contributed by atoms with Crippen molar-refractivity contribution in [2.75, 3.05) is 5.88 Å². The van der Waals surface area contributed by atoms with Gasteiger partial charge in [-0.3, -0.25) is 0 Å². The van der Waals surface area contributed by atoms with Crippen LogP contribution in [0.25, 0.3) is 11.0 Å². The Balaban J connectivity index is 1.95. The summed E-state index contributed by atoms with van der Waals surface area (Å²) in [7, 11) is 0. The second-order valence-electron chi connectivity index (χ2n) is 5.46. The van der Waals surface area contributed by atoms with Crippen LogP contribution in [0, 0.1) is 5.92 Å². The fraction of sp³-hybridized carbons (Fsp3) is 0.533. The van der Waals surface area contributed by atoms with Gasteiger partial charge in [0.15, 0.2) is 0 Å². The smallest absolute Gasteiger partial charge is 0.111 e. The highest BCUT2D eigenvalue weighted by atomic mass is 35.5. The zero-order valence-electron chi connectivity index (χ0n) is 11.2. The summed E-state index contributed by atoms with van der Waals surface area (Å²) in [6, 6.07) is 3.77. The van der Waals surface area contributed by atoms with E-state index in [-0.39, 0.29) is 0 Å². The summed E-state index contributed by atoms with van der Waals surface area (Å²) in [6.45, 7) is 0.991. The van der Waals surface area contributed by atoms with Gasteiger partial charge in [-0.15, -0.1) is 11.6 Å². The van der Waals surface area contributed by atoms with Gasteiger partial charge in [0.1, 0.15) is 5.82 Å². The van der Waals surface area contributed by atoms with Gasteiger partial charge in [0.2, 0.25) is 0 Å². The lowest BCUT2D eigenvalue weighted by atomic mass is 9.83. The van der Waals surface area contributed by atoms with Gasteiger partial charge in [-0.05, 0) is 24.5 Å². The van der Waals surface area contributed by atoms with E-state index in [1.54, 1.807) is 0 Å². The van der Waals surface area contributed by atoms with Crippen LogP contribution in [0.15, 0.2) is 12.1 Å². The Morgan fingerprint density at radius 2 is 1.95 bits per heavy atom. The Bertz CT molecular complexity index is 617. The maximum atomic E-state index is 6.15. The predicted octanol–water partition coefficient (Wildman–Crippen LogP) is 5.31. The zero-order chi connectivity index (χ0) is 14.1. The number of hydrogen-bond acceptors (Lipinski definition) is 1. The molecule has 20 heavy (non-hydrogen) atoms. The molecule has 0 aliphatic heterocycles. The summed E-state index contributed by atoms with van der Waals surface area (Å²) >= 11 is 18.1. The molecule has 1 aromatic heterocycles. The van der Waals surface area contributed by atoms with E-state index < -0.39 is 0 Å². The number of hydrogen-bond donors (Lipinski definition) is 0. The number of benzene rings is 1. The molecule has 1 fully saturated rings. The molecule has 0 atom stereocenters. The highest BCUT2D eigenvalue weighted by Gasteiger charge is 2.19. The van der Waals surface area contributed by atoms with Crippen molar-refractivity contribution in [3.63, 3.8) is 0 Å². The Kier molecular flexibility index (Phi) is 4.44. The van der Waals surface area contributed by atoms with Crippen molar-refractivity contribution >= 4 is 45.8 Å². The molecule has 0 N–H and O–H groups in total. The Morgan fingerprint density at radius 3 is 2.60 bits per heavy atom. The fourth-order valence-electron chi connectivity index (χ4n) is 2.79. The predicted molar refractivity (Wildman–Crippen MR) is 86.1 cm³/mol. The van der Waals surface area contributed by atoms with Crippen LogP contribution in [0.1, 0.15) is 31.5 Å². The number of imidazole rings is 1. The lowest BCUT2D eigenvalue weighted by molar-refractivity contribution is 0.282. The Labute approximate surface area is 134 Å². The molecule has 0 bridgehead atoms. The van der Waals surface area contributed by atoms with Crippen LogP contribution in [0.2, 0.25) is 10.0 Å². The lowest BCUT2D eigenvalue weighted by Crippen LogP contribution is -2.15. The van der Waals surface area contributed by atoms with E-state index in [0.29, 0.717) is 15.9 Å². The zero-order valence-corrected chi connectivity index (χ0v) is 13.5. The second-order valence-corrected chi connectivity index (χ2v) is 6.65. The van der Waals surface area contributed by atoms with Gasteiger partial charge in [-0.1, -0.05) is 42.5 Å². The summed E-state index contributed by atoms with van der Waals surface area (Å²) in [4.78, 5) is 4.66. The molecule has 1 aliphatic carbocycles. The summed E-state index contributed by atoms with van der Waals surface area (Å²) in [6.07, 6.45) is 6.09. The van der Waals surface area contributed by atoms with Crippen LogP contribution in [-0.4, -0.2) is 15.4 Å². The topological polar surface area (TPSA) is 17.8 Å². The molecule has 1 saturated carbocycles. The molecule has 5 heteroatoms. The van der Waals surface area contributed by atoms with Crippen molar-refractivity contribution in [1.29, 1.82) is 0 Å². The van der Waals surface area contributed by atoms with Crippen molar-refractivity contribution in [3.8, 4) is 0 Å². The van der Waals surface area contributed by atoms with E-state index >= 15 is 0 Å². The van der Waals surface area contributed by atoms with Crippen molar-refractivity contribution in [1.82, 2.24) is 9.55 Å². The van der Waals surface area contributed by atoms with Crippen molar-refractivity contribution in [2.45, 2.75) is 38.6 Å². The number of aromatic nitrogens is 2. The minimum absolute atomic E-state index is 0.556. The third-order valence-electron chi connectivity index (χ3n) is 4.17. The van der Waals surface area contributed by atoms with E-state index in [1.807, 2.05) is 12.1 Å². The lowest BCUT2D eigenvalue weighted by Gasteiger charge is -2.25. The molecule has 1 aliphatic rings. The van der Waals surface area contributed by atoms with Crippen LogP contribution in [0.3, 0.4) is 0 Å². The molecular weight excluding hydrogens is 315 g/mol. The molecule has 3 rings (SSSR count). The number of rotatable bonds is 5. The molecule has 0 spiro atoms. The average Bonchev–Trinajstić information content (AvgIpc) is 2.67. The summed E-state index contributed by atoms with van der Waals surface area (Å²) in [5.41, 5.74) is 1.98. The van der Waals surface area contributed by atoms with E-state index in [4.69, 9.17) is 34.8 Å². The maximum Gasteiger partial charge on any atom is 0.111 e. The summed E-state index contributed by atoms with van der Waals surface area (Å²) < 4.78 is 2.26. The second kappa shape index (κ2) is 6.13. The first kappa shape index (κ1) is 14.5. The maximum absolute atomic E-state index is 6.15. The number of aryl methyl sites for hydroxylation is 2. The molecule has 0 saturated heterocycles. The van der Waals surface area contributed by atoms with Gasteiger partial charge >= 0.3 is 0 Å². The molecule has 1 heterocycles. The first-order valence-corrected chi connectivity index (χ1v) is 8.38. The van der Waals surface area contributed by atoms with E-state index in [0.717, 1.165) is 35.7 Å². The van der Waals surface area contributed by atoms with E-state index in [9.17, 15) is 0 Å². The molecular formula is C15H17Cl3N2. The van der Waals surface area contributed by atoms with Crippen molar-refractivity contribution in [2.24, 2.45) is 5.92 Å². The van der Waals surface area contributed by atoms with Gasteiger partial charge in [0.05, 0.1) is 21.1 Å². The first-order chi connectivity index (χ1) is 9.69. The largest absolute Gasteiger partial charge is 0.328 e. The SMILES string of the molecule is ClCCc1nc2cc(Cl)c(Cl)cc2n1CCC1CCC1. The van der Waals surface area contributed by atoms with Crippen molar-refractivity contribution in [3.05, 3.63) is 28.0 Å². The Hall–Kier alpha value is -0.440. The number of nitrogens with zero attached hydrogens (tertiary/aromatic N) is 2. The normalized spacial score (nSPS) is 15.8. The minimum atomic E-state index is 0.556. The molecule has 1 aromatic carbocycles. The number of fused-ring (bicyclic) bond motifs is 1. The van der Waals surface area contributed by atoms with Crippen LogP contribution in [-0.2, 0) is 13.0 Å². The third kappa shape index (κ3) is 2.79. The summed E-state index contributed by atoms with van der Waals surface area (Å²) in [5.74, 6) is 2.49. The molecule has 0 radical (unpaired) electrons. The third-order valence-corrected chi connectivity index (χ3v) is 5.08. The standard InChI is InChI=1S/C15H17Cl3N2/c16-6-4-15-19-13-8-11(17)12(18)9-14(13)20(15)7-5-10-2-1-3-10/h8-10H,1-7H2. The average molecular weight is 332 g/mol. The van der Waals surface area contributed by atoms with E-state index in [2.05, 4.69) is 9.55 Å². The molecule has 0 unspecified atom stereocenters. The van der Waals surface area contributed by atoms with Crippen LogP contribution < -0.4 is 0 Å². The highest BCUT2D eigenvalue weighted by molar-refractivity contribution is 6.42. The van der Waals surface area contributed by atoms with Gasteiger partial charge in [0, 0.05) is 18.8 Å². The minimum Gasteiger partial charge on any atom is -0.328 e. The molecule has 108 valence electrons. The van der Waals surface area contributed by atoms with Crippen LogP contribution in [0.4, 0.5) is 0 Å². The van der Waals surface area contributed by atoms with Gasteiger partial charge in [-0.2, -0.15) is 0 Å². The van der Waals surface area contributed by atoms with Gasteiger partial charge in [-0.25, -0.2) is 4.98 Å². The van der Waals surface area contributed by atoms with Gasteiger partial charge in [0.25, 0.3) is 0 Å². The fourth-order valence-corrected chi connectivity index (χ4v) is 3.27. The monoisotopic (exact) mass is 330 g/mol. The van der Waals surface area contributed by atoms with Crippen LogP contribution in [0.5, 0.6) is 0 Å². The quantitative estimate of drug-likeness (QED) is 0.678. The number of halogens is 3. The van der Waals surface area contributed by atoms with Crippen molar-refractivity contribution < 1.29 is 0 Å². The first-order valence-electron chi connectivity index (χ1n) is 7.09. The number of alkyl halides is 1. The molecule has 2 aromatic rings. The van der Waals surface area contributed by atoms with E-state index in [1.165, 1.54) is 25.7 Å². The highest BCUT2D eigenvalue weighted by Crippen LogP contribution is 2.32. The van der Waals surface area contributed by atoms with Crippen LogP contribution >= 0.6 is 34.8 Å². The molecule has 0 amide bonds. The Morgan fingerprint density at radius 1 is 1.20 bits per heavy atom. The molecule has 2 nitrogen and oxygen atoms in total.